The predicted octanol–water partition coefficient (Wildman–Crippen LogP) is 6.20. The molecule has 0 spiro atoms. The first-order valence-corrected chi connectivity index (χ1v) is 9.82. The van der Waals surface area contributed by atoms with Gasteiger partial charge in [0.1, 0.15) is 5.75 Å². The molecule has 0 unspecified atom stereocenters. The molecule has 0 atom stereocenters. The highest BCUT2D eigenvalue weighted by Gasteiger charge is 2.25. The van der Waals surface area contributed by atoms with Crippen LogP contribution in [-0.2, 0) is 0 Å². The molecule has 0 saturated heterocycles. The Kier molecular flexibility index (Phi) is 5.07. The molecule has 138 valence electrons. The lowest BCUT2D eigenvalue weighted by atomic mass is 10.1. The zero-order chi connectivity index (χ0) is 19.7. The molecule has 28 heavy (non-hydrogen) atoms. The van der Waals surface area contributed by atoms with Crippen molar-refractivity contribution in [3.63, 3.8) is 0 Å². The maximum atomic E-state index is 12.7. The van der Waals surface area contributed by atoms with Gasteiger partial charge in [0, 0.05) is 21.0 Å². The molecule has 0 bridgehead atoms. The lowest BCUT2D eigenvalue weighted by Gasteiger charge is -2.09. The molecule has 5 heteroatoms. The second-order valence-corrected chi connectivity index (χ2v) is 7.90. The van der Waals surface area contributed by atoms with Gasteiger partial charge < -0.3 is 4.74 Å². The van der Waals surface area contributed by atoms with Crippen molar-refractivity contribution in [3.05, 3.63) is 98.9 Å². The van der Waals surface area contributed by atoms with Gasteiger partial charge in [0.2, 0.25) is 5.78 Å². The van der Waals surface area contributed by atoms with Crippen molar-refractivity contribution in [2.45, 2.75) is 11.8 Å². The van der Waals surface area contributed by atoms with Crippen LogP contribution in [0.5, 0.6) is 5.75 Å². The van der Waals surface area contributed by atoms with E-state index < -0.39 is 5.97 Å². The van der Waals surface area contributed by atoms with Crippen molar-refractivity contribution in [1.29, 1.82) is 0 Å². The van der Waals surface area contributed by atoms with Gasteiger partial charge in [-0.05, 0) is 55.5 Å². The Morgan fingerprint density at radius 1 is 1.04 bits per heavy atom. The van der Waals surface area contributed by atoms with E-state index in [0.29, 0.717) is 32.4 Å². The number of halogens is 1. The highest BCUT2D eigenvalue weighted by molar-refractivity contribution is 8.04. The Morgan fingerprint density at radius 3 is 2.64 bits per heavy atom. The molecule has 0 N–H and O–H groups in total. The SMILES string of the molecule is Cc1ccc(OC(=O)c2cccc(Cl)c2)c(C=C2Sc3ccccc3C2=O)c1. The molecule has 3 aromatic rings. The highest BCUT2D eigenvalue weighted by atomic mass is 35.5. The summed E-state index contributed by atoms with van der Waals surface area (Å²) in [5.74, 6) is -0.124. The first-order chi connectivity index (χ1) is 13.5. The summed E-state index contributed by atoms with van der Waals surface area (Å²) < 4.78 is 5.60. The molecule has 0 aromatic heterocycles. The van der Waals surface area contributed by atoms with Crippen LogP contribution in [0.1, 0.15) is 31.8 Å². The van der Waals surface area contributed by atoms with Crippen LogP contribution < -0.4 is 4.74 Å². The van der Waals surface area contributed by atoms with E-state index in [9.17, 15) is 9.59 Å². The number of allylic oxidation sites excluding steroid dienone is 1. The van der Waals surface area contributed by atoms with E-state index in [1.165, 1.54) is 11.8 Å². The third-order valence-electron chi connectivity index (χ3n) is 4.29. The summed E-state index contributed by atoms with van der Waals surface area (Å²) in [4.78, 5) is 26.7. The van der Waals surface area contributed by atoms with Crippen LogP contribution in [-0.4, -0.2) is 11.8 Å². The number of carbonyl (C=O) groups excluding carboxylic acids is 2. The number of ketones is 1. The lowest BCUT2D eigenvalue weighted by molar-refractivity contribution is 0.0734. The van der Waals surface area contributed by atoms with Gasteiger partial charge in [0.25, 0.3) is 0 Å². The van der Waals surface area contributed by atoms with E-state index in [4.69, 9.17) is 16.3 Å². The molecule has 4 rings (SSSR count). The number of esters is 1. The summed E-state index contributed by atoms with van der Waals surface area (Å²) in [5.41, 5.74) is 2.75. The Labute approximate surface area is 172 Å². The van der Waals surface area contributed by atoms with Gasteiger partial charge in [0.15, 0.2) is 0 Å². The van der Waals surface area contributed by atoms with Crippen molar-refractivity contribution >= 4 is 41.2 Å². The van der Waals surface area contributed by atoms with Crippen molar-refractivity contribution in [2.75, 3.05) is 0 Å². The summed E-state index contributed by atoms with van der Waals surface area (Å²) in [6, 6.07) is 19.6. The minimum atomic E-state index is -0.500. The zero-order valence-electron chi connectivity index (χ0n) is 14.9. The van der Waals surface area contributed by atoms with Crippen LogP contribution in [0, 0.1) is 6.92 Å². The fourth-order valence-corrected chi connectivity index (χ4v) is 4.16. The Bertz CT molecular complexity index is 1130. The van der Waals surface area contributed by atoms with Gasteiger partial charge in [-0.15, -0.1) is 0 Å². The number of carbonyl (C=O) groups is 2. The van der Waals surface area contributed by atoms with Crippen LogP contribution in [0.3, 0.4) is 0 Å². The summed E-state index contributed by atoms with van der Waals surface area (Å²) in [7, 11) is 0. The quantitative estimate of drug-likeness (QED) is 0.295. The average Bonchev–Trinajstić information content (AvgIpc) is 3.00. The molecule has 0 fully saturated rings. The van der Waals surface area contributed by atoms with Crippen molar-refractivity contribution in [3.8, 4) is 5.75 Å². The van der Waals surface area contributed by atoms with Crippen LogP contribution >= 0.6 is 23.4 Å². The molecular weight excluding hydrogens is 392 g/mol. The van der Waals surface area contributed by atoms with Crippen LogP contribution in [0.25, 0.3) is 6.08 Å². The molecule has 0 amide bonds. The minimum Gasteiger partial charge on any atom is -0.422 e. The van der Waals surface area contributed by atoms with E-state index >= 15 is 0 Å². The molecule has 3 aromatic carbocycles. The van der Waals surface area contributed by atoms with Gasteiger partial charge in [0.05, 0.1) is 10.5 Å². The number of hydrogen-bond donors (Lipinski definition) is 0. The predicted molar refractivity (Wildman–Crippen MR) is 112 cm³/mol. The van der Waals surface area contributed by atoms with Crippen LogP contribution in [0.2, 0.25) is 5.02 Å². The maximum Gasteiger partial charge on any atom is 0.343 e. The standard InChI is InChI=1S/C23H15ClO3S/c1-14-9-10-19(27-23(26)15-5-4-6-17(24)12-15)16(11-14)13-21-22(25)18-7-2-3-8-20(18)28-21/h2-13H,1H3. The third kappa shape index (κ3) is 3.75. The Hall–Kier alpha value is -2.82. The smallest absolute Gasteiger partial charge is 0.343 e. The van der Waals surface area contributed by atoms with Gasteiger partial charge >= 0.3 is 5.97 Å². The number of Topliss-reactive ketones (excluding diaryl/α,β-unsaturated/α-hetero) is 1. The average molecular weight is 407 g/mol. The largest absolute Gasteiger partial charge is 0.422 e. The number of fused-ring (bicyclic) bond motifs is 1. The highest BCUT2D eigenvalue weighted by Crippen LogP contribution is 2.41. The molecular formula is C23H15ClO3S. The zero-order valence-corrected chi connectivity index (χ0v) is 16.5. The summed E-state index contributed by atoms with van der Waals surface area (Å²) in [6.45, 7) is 1.95. The summed E-state index contributed by atoms with van der Waals surface area (Å²) in [6.07, 6.45) is 1.78. The normalized spacial score (nSPS) is 14.2. The molecule has 0 saturated carbocycles. The maximum absolute atomic E-state index is 12.7. The first-order valence-electron chi connectivity index (χ1n) is 8.63. The van der Waals surface area contributed by atoms with Gasteiger partial charge in [-0.3, -0.25) is 4.79 Å². The molecule has 3 nitrogen and oxygen atoms in total. The Balaban J connectivity index is 1.67. The fourth-order valence-electron chi connectivity index (χ4n) is 2.92. The molecule has 0 radical (unpaired) electrons. The number of aryl methyl sites for hydroxylation is 1. The number of benzene rings is 3. The van der Waals surface area contributed by atoms with Gasteiger partial charge in [-0.2, -0.15) is 0 Å². The molecule has 1 aliphatic heterocycles. The number of hydrogen-bond acceptors (Lipinski definition) is 4. The van der Waals surface area contributed by atoms with E-state index in [-0.39, 0.29) is 5.78 Å². The number of rotatable bonds is 3. The monoisotopic (exact) mass is 406 g/mol. The summed E-state index contributed by atoms with van der Waals surface area (Å²) in [5, 5.41) is 0.464. The summed E-state index contributed by atoms with van der Waals surface area (Å²) >= 11 is 7.38. The molecule has 0 aliphatic carbocycles. The fraction of sp³-hybridized carbons (Fsp3) is 0.0435. The van der Waals surface area contributed by atoms with E-state index in [1.807, 2.05) is 43.3 Å². The first kappa shape index (κ1) is 18.5. The van der Waals surface area contributed by atoms with Crippen LogP contribution in [0.4, 0.5) is 0 Å². The lowest BCUT2D eigenvalue weighted by Crippen LogP contribution is -2.09. The molecule has 1 aliphatic rings. The van der Waals surface area contributed by atoms with Crippen molar-refractivity contribution in [2.24, 2.45) is 0 Å². The van der Waals surface area contributed by atoms with Crippen molar-refractivity contribution < 1.29 is 14.3 Å². The topological polar surface area (TPSA) is 43.4 Å². The second kappa shape index (κ2) is 7.66. The van der Waals surface area contributed by atoms with Crippen molar-refractivity contribution in [1.82, 2.24) is 0 Å². The minimum absolute atomic E-state index is 0.0192. The van der Waals surface area contributed by atoms with E-state index in [0.717, 1.165) is 10.5 Å². The van der Waals surface area contributed by atoms with E-state index in [2.05, 4.69) is 0 Å². The molecule has 1 heterocycles. The number of thioether (sulfide) groups is 1. The number of ether oxygens (including phenoxy) is 1. The van der Waals surface area contributed by atoms with Gasteiger partial charge in [-0.25, -0.2) is 4.79 Å². The van der Waals surface area contributed by atoms with E-state index in [1.54, 1.807) is 36.4 Å². The van der Waals surface area contributed by atoms with Crippen LogP contribution in [0.15, 0.2) is 76.5 Å². The third-order valence-corrected chi connectivity index (χ3v) is 5.62. The van der Waals surface area contributed by atoms with Gasteiger partial charge in [-0.1, -0.05) is 53.2 Å². The second-order valence-electron chi connectivity index (χ2n) is 6.38. The Morgan fingerprint density at radius 2 is 1.86 bits per heavy atom.